The van der Waals surface area contributed by atoms with Gasteiger partial charge in [-0.15, -0.1) is 0 Å². The number of carbonyl (C=O) groups excluding carboxylic acids is 1. The van der Waals surface area contributed by atoms with E-state index < -0.39 is 0 Å². The summed E-state index contributed by atoms with van der Waals surface area (Å²) >= 11 is 0. The van der Waals surface area contributed by atoms with Crippen molar-refractivity contribution >= 4 is 5.97 Å². The molecule has 1 N–H and O–H groups in total. The van der Waals surface area contributed by atoms with Crippen LogP contribution in [0.2, 0.25) is 0 Å². The number of hydrogen-bond donors (Lipinski definition) is 1. The number of nitrogens with one attached hydrogen (secondary N) is 1. The quantitative estimate of drug-likeness (QED) is 0.492. The lowest BCUT2D eigenvalue weighted by atomic mass is 9.80. The Bertz CT molecular complexity index is 1000. The first kappa shape index (κ1) is 23.4. The molecule has 2 aliphatic carbocycles. The number of esters is 1. The predicted octanol–water partition coefficient (Wildman–Crippen LogP) is 5.74. The highest BCUT2D eigenvalue weighted by atomic mass is 16.5. The summed E-state index contributed by atoms with van der Waals surface area (Å²) in [6, 6.07) is 8.85. The Hall–Kier alpha value is -2.73. The summed E-state index contributed by atoms with van der Waals surface area (Å²) in [5, 5.41) is 7.82. The molecule has 2 aliphatic rings. The zero-order valence-corrected chi connectivity index (χ0v) is 20.1. The van der Waals surface area contributed by atoms with E-state index in [0.717, 1.165) is 31.2 Å². The maximum atomic E-state index is 11.8. The first-order valence-electron chi connectivity index (χ1n) is 12.2. The molecule has 6 heteroatoms. The van der Waals surface area contributed by atoms with Gasteiger partial charge in [0.05, 0.1) is 18.4 Å². The van der Waals surface area contributed by atoms with Gasteiger partial charge in [0.25, 0.3) is 0 Å². The van der Waals surface area contributed by atoms with Crippen LogP contribution in [-0.2, 0) is 9.53 Å². The van der Waals surface area contributed by atoms with Gasteiger partial charge in [-0.2, -0.15) is 4.98 Å². The van der Waals surface area contributed by atoms with E-state index in [1.165, 1.54) is 11.1 Å². The predicted molar refractivity (Wildman–Crippen MR) is 128 cm³/mol. The Balaban J connectivity index is 1.30. The van der Waals surface area contributed by atoms with Crippen molar-refractivity contribution in [3.63, 3.8) is 0 Å². The van der Waals surface area contributed by atoms with Crippen LogP contribution in [0.15, 0.2) is 52.6 Å². The van der Waals surface area contributed by atoms with Gasteiger partial charge in [0.1, 0.15) is 0 Å². The van der Waals surface area contributed by atoms with Crippen molar-refractivity contribution in [3.05, 3.63) is 59.5 Å². The number of aromatic nitrogens is 2. The Kier molecular flexibility index (Phi) is 7.43. The van der Waals surface area contributed by atoms with E-state index in [0.29, 0.717) is 30.3 Å². The SMILES string of the molecule is CCOC(=O)C1CC(N[C@H](C)c2ccc(-c3noc(C4C=CC(CC(C)C)=CC4)n3)cc2)C1. The van der Waals surface area contributed by atoms with E-state index in [9.17, 15) is 4.79 Å². The summed E-state index contributed by atoms with van der Waals surface area (Å²) in [4.78, 5) is 16.4. The largest absolute Gasteiger partial charge is 0.466 e. The highest BCUT2D eigenvalue weighted by molar-refractivity contribution is 5.73. The second-order valence-electron chi connectivity index (χ2n) is 9.66. The molecule has 1 aromatic carbocycles. The van der Waals surface area contributed by atoms with Crippen LogP contribution in [0.25, 0.3) is 11.4 Å². The lowest BCUT2D eigenvalue weighted by Crippen LogP contribution is -2.45. The van der Waals surface area contributed by atoms with Gasteiger partial charge in [-0.05, 0) is 51.0 Å². The van der Waals surface area contributed by atoms with E-state index >= 15 is 0 Å². The smallest absolute Gasteiger partial charge is 0.309 e. The fraction of sp³-hybridized carbons (Fsp3) is 0.519. The molecule has 1 aromatic heterocycles. The van der Waals surface area contributed by atoms with Crippen molar-refractivity contribution in [2.24, 2.45) is 11.8 Å². The summed E-state index contributed by atoms with van der Waals surface area (Å²) in [5.74, 6) is 2.07. The molecule has 0 aliphatic heterocycles. The molecule has 0 spiro atoms. The average molecular weight is 450 g/mol. The molecule has 176 valence electrons. The molecule has 1 saturated carbocycles. The highest BCUT2D eigenvalue weighted by Gasteiger charge is 2.36. The molecule has 4 rings (SSSR count). The number of ether oxygens (including phenoxy) is 1. The molecule has 1 unspecified atom stereocenters. The summed E-state index contributed by atoms with van der Waals surface area (Å²) in [7, 11) is 0. The monoisotopic (exact) mass is 449 g/mol. The van der Waals surface area contributed by atoms with Crippen molar-refractivity contribution < 1.29 is 14.1 Å². The van der Waals surface area contributed by atoms with Gasteiger partial charge in [-0.25, -0.2) is 0 Å². The molecular formula is C27H35N3O3. The standard InChI is InChI=1S/C27H35N3O3/c1-5-32-27(31)23-15-24(16-23)28-18(4)20-10-12-21(13-11-20)25-29-26(33-30-25)22-8-6-19(7-9-22)14-17(2)3/h6-8,10-13,17-18,22-24,28H,5,9,14-16H2,1-4H3/t18-,22?,23?,24?/m1/s1. The maximum Gasteiger partial charge on any atom is 0.309 e. The summed E-state index contributed by atoms with van der Waals surface area (Å²) in [6.45, 7) is 8.92. The van der Waals surface area contributed by atoms with Gasteiger partial charge in [-0.3, -0.25) is 4.79 Å². The zero-order valence-electron chi connectivity index (χ0n) is 20.1. The summed E-state index contributed by atoms with van der Waals surface area (Å²) in [5.41, 5.74) is 3.53. The van der Waals surface area contributed by atoms with Crippen LogP contribution in [0.4, 0.5) is 0 Å². The van der Waals surface area contributed by atoms with Crippen LogP contribution in [0.1, 0.15) is 76.8 Å². The molecule has 1 fully saturated rings. The minimum absolute atomic E-state index is 0.0424. The molecule has 0 radical (unpaired) electrons. The number of allylic oxidation sites excluding steroid dienone is 4. The van der Waals surface area contributed by atoms with Crippen molar-refractivity contribution in [1.29, 1.82) is 0 Å². The minimum Gasteiger partial charge on any atom is -0.466 e. The van der Waals surface area contributed by atoms with Crippen LogP contribution in [0, 0.1) is 11.8 Å². The fourth-order valence-corrected chi connectivity index (χ4v) is 4.55. The van der Waals surface area contributed by atoms with Gasteiger partial charge in [0, 0.05) is 17.6 Å². The number of carbonyl (C=O) groups is 1. The molecular weight excluding hydrogens is 414 g/mol. The van der Waals surface area contributed by atoms with E-state index in [1.807, 2.05) is 19.1 Å². The third-order valence-corrected chi connectivity index (χ3v) is 6.49. The van der Waals surface area contributed by atoms with Gasteiger partial charge >= 0.3 is 5.97 Å². The first-order chi connectivity index (χ1) is 15.9. The molecule has 1 heterocycles. The Morgan fingerprint density at radius 2 is 1.97 bits per heavy atom. The Morgan fingerprint density at radius 3 is 2.61 bits per heavy atom. The van der Waals surface area contributed by atoms with Crippen LogP contribution in [0.3, 0.4) is 0 Å². The third-order valence-electron chi connectivity index (χ3n) is 6.49. The van der Waals surface area contributed by atoms with Crippen LogP contribution >= 0.6 is 0 Å². The number of hydrogen-bond acceptors (Lipinski definition) is 6. The van der Waals surface area contributed by atoms with E-state index in [-0.39, 0.29) is 23.8 Å². The zero-order chi connectivity index (χ0) is 23.4. The van der Waals surface area contributed by atoms with Crippen molar-refractivity contribution in [3.8, 4) is 11.4 Å². The molecule has 0 saturated heterocycles. The number of benzene rings is 1. The second-order valence-corrected chi connectivity index (χ2v) is 9.66. The minimum atomic E-state index is -0.0669. The molecule has 2 atom stereocenters. The lowest BCUT2D eigenvalue weighted by Gasteiger charge is -2.36. The van der Waals surface area contributed by atoms with Gasteiger partial charge in [0.15, 0.2) is 0 Å². The van der Waals surface area contributed by atoms with Crippen molar-refractivity contribution in [1.82, 2.24) is 15.5 Å². The van der Waals surface area contributed by atoms with Gasteiger partial charge in [0.2, 0.25) is 11.7 Å². The Morgan fingerprint density at radius 1 is 1.21 bits per heavy atom. The Labute approximate surface area is 196 Å². The third kappa shape index (κ3) is 5.80. The van der Waals surface area contributed by atoms with Crippen molar-refractivity contribution in [2.75, 3.05) is 6.61 Å². The topological polar surface area (TPSA) is 77.2 Å². The van der Waals surface area contributed by atoms with Gasteiger partial charge < -0.3 is 14.6 Å². The molecule has 2 aromatic rings. The first-order valence-corrected chi connectivity index (χ1v) is 12.2. The van der Waals surface area contributed by atoms with Crippen LogP contribution in [0.5, 0.6) is 0 Å². The second kappa shape index (κ2) is 10.5. The van der Waals surface area contributed by atoms with Gasteiger partial charge in [-0.1, -0.05) is 67.1 Å². The number of rotatable bonds is 9. The molecule has 0 amide bonds. The van der Waals surface area contributed by atoms with Crippen LogP contribution in [-0.4, -0.2) is 28.8 Å². The fourth-order valence-electron chi connectivity index (χ4n) is 4.55. The summed E-state index contributed by atoms with van der Waals surface area (Å²) in [6.07, 6.45) is 10.4. The molecule has 33 heavy (non-hydrogen) atoms. The van der Waals surface area contributed by atoms with E-state index in [1.54, 1.807) is 0 Å². The summed E-state index contributed by atoms with van der Waals surface area (Å²) < 4.78 is 10.7. The van der Waals surface area contributed by atoms with E-state index in [4.69, 9.17) is 9.26 Å². The normalized spacial score (nSPS) is 23.2. The average Bonchev–Trinajstić information content (AvgIpc) is 3.26. The highest BCUT2D eigenvalue weighted by Crippen LogP contribution is 2.32. The van der Waals surface area contributed by atoms with E-state index in [2.05, 4.69) is 66.6 Å². The van der Waals surface area contributed by atoms with Crippen molar-refractivity contribution in [2.45, 2.75) is 71.4 Å². The number of nitrogens with zero attached hydrogens (tertiary/aromatic N) is 2. The molecule has 0 bridgehead atoms. The van der Waals surface area contributed by atoms with Crippen LogP contribution < -0.4 is 5.32 Å². The maximum absolute atomic E-state index is 11.8. The molecule has 6 nitrogen and oxygen atoms in total. The lowest BCUT2D eigenvalue weighted by molar-refractivity contribution is -0.151.